The molecule has 1 aromatic carbocycles. The van der Waals surface area contributed by atoms with Crippen molar-refractivity contribution in [1.29, 1.82) is 0 Å². The van der Waals surface area contributed by atoms with Crippen molar-refractivity contribution < 1.29 is 0 Å². The molecule has 25 heavy (non-hydrogen) atoms. The molecule has 3 nitrogen and oxygen atoms in total. The van der Waals surface area contributed by atoms with Crippen LogP contribution < -0.4 is 4.90 Å². The summed E-state index contributed by atoms with van der Waals surface area (Å²) in [5.41, 5.74) is 4.33. The van der Waals surface area contributed by atoms with Crippen LogP contribution in [0, 0.1) is 5.92 Å². The number of rotatable bonds is 1. The molecule has 0 spiro atoms. The van der Waals surface area contributed by atoms with Gasteiger partial charge < -0.3 is 4.90 Å². The molecule has 0 saturated heterocycles. The number of hydrogen-bond donors (Lipinski definition) is 0. The van der Waals surface area contributed by atoms with Crippen molar-refractivity contribution in [2.75, 3.05) is 11.4 Å². The number of thiophene rings is 1. The smallest absolute Gasteiger partial charge is 0.225 e. The summed E-state index contributed by atoms with van der Waals surface area (Å²) >= 11 is 8.11. The molecule has 0 radical (unpaired) electrons. The number of aromatic nitrogens is 2. The van der Waals surface area contributed by atoms with Crippen LogP contribution in [0.2, 0.25) is 5.28 Å². The predicted octanol–water partition coefficient (Wildman–Crippen LogP) is 5.03. The molecule has 0 N–H and O–H groups in total. The van der Waals surface area contributed by atoms with Gasteiger partial charge in [0.05, 0.1) is 5.39 Å². The zero-order valence-corrected chi connectivity index (χ0v) is 15.8. The molecule has 2 aliphatic rings. The summed E-state index contributed by atoms with van der Waals surface area (Å²) < 4.78 is 0. The van der Waals surface area contributed by atoms with E-state index in [-0.39, 0.29) is 0 Å². The van der Waals surface area contributed by atoms with Gasteiger partial charge in [-0.2, -0.15) is 4.98 Å². The minimum Gasteiger partial charge on any atom is -0.351 e. The van der Waals surface area contributed by atoms with Crippen LogP contribution in [0.15, 0.2) is 24.3 Å². The Morgan fingerprint density at radius 2 is 2.00 bits per heavy atom. The SMILES string of the molecule is CC1CCc2c(sc3nc(Cl)nc(N4CCc5ccccc5C4)c23)C1. The molecule has 1 unspecified atom stereocenters. The monoisotopic (exact) mass is 369 g/mol. The van der Waals surface area contributed by atoms with Crippen LogP contribution >= 0.6 is 22.9 Å². The lowest BCUT2D eigenvalue weighted by Crippen LogP contribution is -2.31. The first kappa shape index (κ1) is 15.6. The molecular weight excluding hydrogens is 350 g/mol. The third kappa shape index (κ3) is 2.63. The molecule has 2 aromatic heterocycles. The molecule has 0 saturated carbocycles. The van der Waals surface area contributed by atoms with Gasteiger partial charge >= 0.3 is 0 Å². The predicted molar refractivity (Wildman–Crippen MR) is 105 cm³/mol. The average molecular weight is 370 g/mol. The lowest BCUT2D eigenvalue weighted by Gasteiger charge is -2.30. The quantitative estimate of drug-likeness (QED) is 0.563. The van der Waals surface area contributed by atoms with Gasteiger partial charge in [-0.3, -0.25) is 0 Å². The van der Waals surface area contributed by atoms with Crippen LogP contribution in [0.5, 0.6) is 0 Å². The summed E-state index contributed by atoms with van der Waals surface area (Å²) in [7, 11) is 0. The van der Waals surface area contributed by atoms with Crippen molar-refractivity contribution in [2.24, 2.45) is 5.92 Å². The van der Waals surface area contributed by atoms with Crippen LogP contribution in [0.3, 0.4) is 0 Å². The fraction of sp³-hybridized carbons (Fsp3) is 0.400. The zero-order chi connectivity index (χ0) is 17.0. The number of fused-ring (bicyclic) bond motifs is 4. The molecular formula is C20H20ClN3S. The topological polar surface area (TPSA) is 29.0 Å². The van der Waals surface area contributed by atoms with E-state index in [4.69, 9.17) is 11.6 Å². The lowest BCUT2D eigenvalue weighted by atomic mass is 9.89. The standard InChI is InChI=1S/C20H20ClN3S/c1-12-6-7-15-16(10-12)25-19-17(15)18(22-20(21)23-19)24-9-8-13-4-2-3-5-14(13)11-24/h2-5,12H,6-11H2,1H3. The van der Waals surface area contributed by atoms with Crippen molar-refractivity contribution in [2.45, 2.75) is 39.2 Å². The summed E-state index contributed by atoms with van der Waals surface area (Å²) in [4.78, 5) is 14.2. The number of nitrogens with zero attached hydrogens (tertiary/aromatic N) is 3. The summed E-state index contributed by atoms with van der Waals surface area (Å²) in [6.45, 7) is 4.23. The van der Waals surface area contributed by atoms with E-state index in [0.29, 0.717) is 5.28 Å². The fourth-order valence-corrected chi connectivity index (χ4v) is 5.80. The average Bonchev–Trinajstić information content (AvgIpc) is 2.97. The summed E-state index contributed by atoms with van der Waals surface area (Å²) in [6.07, 6.45) is 4.61. The number of halogens is 1. The van der Waals surface area contributed by atoms with Gasteiger partial charge in [0.15, 0.2) is 0 Å². The van der Waals surface area contributed by atoms with E-state index in [1.165, 1.54) is 33.4 Å². The van der Waals surface area contributed by atoms with Crippen molar-refractivity contribution in [3.63, 3.8) is 0 Å². The van der Waals surface area contributed by atoms with E-state index in [1.54, 1.807) is 0 Å². The zero-order valence-electron chi connectivity index (χ0n) is 14.3. The Morgan fingerprint density at radius 1 is 1.16 bits per heavy atom. The van der Waals surface area contributed by atoms with Crippen LogP contribution in [0.1, 0.15) is 34.9 Å². The highest BCUT2D eigenvalue weighted by atomic mass is 35.5. The Bertz CT molecular complexity index is 965. The Hall–Kier alpha value is -1.65. The minimum atomic E-state index is 0.369. The van der Waals surface area contributed by atoms with Gasteiger partial charge in [0.25, 0.3) is 0 Å². The highest BCUT2D eigenvalue weighted by molar-refractivity contribution is 7.19. The molecule has 1 aliphatic heterocycles. The van der Waals surface area contributed by atoms with Crippen LogP contribution in [-0.2, 0) is 25.8 Å². The Labute approximate surface area is 156 Å². The third-order valence-electron chi connectivity index (χ3n) is 5.54. The van der Waals surface area contributed by atoms with Gasteiger partial charge in [-0.25, -0.2) is 4.98 Å². The maximum Gasteiger partial charge on any atom is 0.225 e. The maximum atomic E-state index is 6.29. The largest absolute Gasteiger partial charge is 0.351 e. The number of benzene rings is 1. The lowest BCUT2D eigenvalue weighted by molar-refractivity contribution is 0.509. The minimum absolute atomic E-state index is 0.369. The second kappa shape index (κ2) is 5.96. The Balaban J connectivity index is 1.64. The molecule has 1 aliphatic carbocycles. The van der Waals surface area contributed by atoms with Crippen molar-refractivity contribution in [1.82, 2.24) is 9.97 Å². The van der Waals surface area contributed by atoms with Crippen molar-refractivity contribution >= 4 is 39.0 Å². The third-order valence-corrected chi connectivity index (χ3v) is 6.86. The molecule has 5 heteroatoms. The second-order valence-corrected chi connectivity index (χ2v) is 8.71. The normalized spacial score (nSPS) is 19.8. The highest BCUT2D eigenvalue weighted by Gasteiger charge is 2.27. The molecule has 0 fully saturated rings. The summed E-state index contributed by atoms with van der Waals surface area (Å²) in [5, 5.41) is 1.63. The van der Waals surface area contributed by atoms with Gasteiger partial charge in [-0.15, -0.1) is 11.3 Å². The van der Waals surface area contributed by atoms with E-state index in [2.05, 4.69) is 46.1 Å². The summed E-state index contributed by atoms with van der Waals surface area (Å²) in [5.74, 6) is 1.80. The van der Waals surface area contributed by atoms with E-state index in [1.807, 2.05) is 11.3 Å². The maximum absolute atomic E-state index is 6.29. The first-order valence-electron chi connectivity index (χ1n) is 8.98. The van der Waals surface area contributed by atoms with Gasteiger partial charge in [0.2, 0.25) is 5.28 Å². The molecule has 5 rings (SSSR count). The van der Waals surface area contributed by atoms with Gasteiger partial charge in [-0.1, -0.05) is 31.2 Å². The number of aryl methyl sites for hydroxylation is 1. The van der Waals surface area contributed by atoms with E-state index >= 15 is 0 Å². The van der Waals surface area contributed by atoms with Gasteiger partial charge in [-0.05, 0) is 59.9 Å². The molecule has 3 heterocycles. The number of hydrogen-bond acceptors (Lipinski definition) is 4. The number of anilines is 1. The first-order valence-corrected chi connectivity index (χ1v) is 10.2. The van der Waals surface area contributed by atoms with Gasteiger partial charge in [0, 0.05) is 18.0 Å². The van der Waals surface area contributed by atoms with Crippen molar-refractivity contribution in [3.05, 3.63) is 51.1 Å². The van der Waals surface area contributed by atoms with Crippen LogP contribution in [0.25, 0.3) is 10.2 Å². The van der Waals surface area contributed by atoms with E-state index < -0.39 is 0 Å². The van der Waals surface area contributed by atoms with E-state index in [0.717, 1.165) is 48.9 Å². The second-order valence-electron chi connectivity index (χ2n) is 7.29. The van der Waals surface area contributed by atoms with Crippen LogP contribution in [0.4, 0.5) is 5.82 Å². The fourth-order valence-electron chi connectivity index (χ4n) is 4.20. The highest BCUT2D eigenvalue weighted by Crippen LogP contribution is 2.42. The van der Waals surface area contributed by atoms with Gasteiger partial charge in [0.1, 0.15) is 10.6 Å². The molecule has 3 aromatic rings. The Morgan fingerprint density at radius 3 is 2.88 bits per heavy atom. The van der Waals surface area contributed by atoms with E-state index in [9.17, 15) is 0 Å². The summed E-state index contributed by atoms with van der Waals surface area (Å²) in [6, 6.07) is 8.72. The molecule has 0 amide bonds. The molecule has 1 atom stereocenters. The molecule has 128 valence electrons. The van der Waals surface area contributed by atoms with Crippen molar-refractivity contribution in [3.8, 4) is 0 Å². The first-order chi connectivity index (χ1) is 12.2. The molecule has 0 bridgehead atoms. The Kier molecular flexibility index (Phi) is 3.72. The van der Waals surface area contributed by atoms with Crippen LogP contribution in [-0.4, -0.2) is 16.5 Å².